The third-order valence-electron chi connectivity index (χ3n) is 4.01. The molecule has 4 nitrogen and oxygen atoms in total. The zero-order valence-electron chi connectivity index (χ0n) is 12.8. The predicted molar refractivity (Wildman–Crippen MR) is 86.0 cm³/mol. The van der Waals surface area contributed by atoms with Crippen LogP contribution in [0.1, 0.15) is 29.4 Å². The Morgan fingerprint density at radius 3 is 2.57 bits per heavy atom. The number of benzene rings is 1. The van der Waals surface area contributed by atoms with Crippen molar-refractivity contribution in [2.24, 2.45) is 0 Å². The summed E-state index contributed by atoms with van der Waals surface area (Å²) in [5.41, 5.74) is 6.61. The van der Waals surface area contributed by atoms with Crippen molar-refractivity contribution in [1.82, 2.24) is 19.3 Å². The van der Waals surface area contributed by atoms with Crippen LogP contribution < -0.4 is 0 Å². The van der Waals surface area contributed by atoms with Gasteiger partial charge in [-0.3, -0.25) is 4.68 Å². The summed E-state index contributed by atoms with van der Waals surface area (Å²) in [7, 11) is 0. The molecule has 0 radical (unpaired) electrons. The number of imidazole rings is 1. The highest BCUT2D eigenvalue weighted by atomic mass is 35.5. The zero-order valence-corrected chi connectivity index (χ0v) is 13.6. The predicted octanol–water partition coefficient (Wildman–Crippen LogP) is 3.88. The Morgan fingerprint density at radius 1 is 1.14 bits per heavy atom. The SMILES string of the molecule is CCn1nc(C)c(Cl)c1Cn1cnc2cc(C)c(C)cc21. The maximum atomic E-state index is 6.40. The van der Waals surface area contributed by atoms with Crippen molar-refractivity contribution in [3.63, 3.8) is 0 Å². The monoisotopic (exact) mass is 302 g/mol. The smallest absolute Gasteiger partial charge is 0.0962 e. The number of hydrogen-bond acceptors (Lipinski definition) is 2. The molecule has 0 aliphatic carbocycles. The molecule has 0 amide bonds. The highest BCUT2D eigenvalue weighted by molar-refractivity contribution is 6.31. The summed E-state index contributed by atoms with van der Waals surface area (Å²) in [6, 6.07) is 4.32. The minimum Gasteiger partial charge on any atom is -0.324 e. The van der Waals surface area contributed by atoms with Crippen molar-refractivity contribution >= 4 is 22.6 Å². The molecule has 0 atom stereocenters. The molecular weight excluding hydrogens is 284 g/mol. The summed E-state index contributed by atoms with van der Waals surface area (Å²) in [6.45, 7) is 9.75. The van der Waals surface area contributed by atoms with E-state index in [-0.39, 0.29) is 0 Å². The Balaban J connectivity index is 2.08. The van der Waals surface area contributed by atoms with Gasteiger partial charge in [0.05, 0.1) is 40.3 Å². The van der Waals surface area contributed by atoms with Gasteiger partial charge in [-0.15, -0.1) is 0 Å². The van der Waals surface area contributed by atoms with E-state index in [1.54, 1.807) is 0 Å². The molecule has 0 saturated heterocycles. The summed E-state index contributed by atoms with van der Waals surface area (Å²) in [6.07, 6.45) is 1.88. The van der Waals surface area contributed by atoms with Gasteiger partial charge in [-0.25, -0.2) is 4.98 Å². The van der Waals surface area contributed by atoms with Crippen LogP contribution in [0.5, 0.6) is 0 Å². The van der Waals surface area contributed by atoms with Gasteiger partial charge in [0, 0.05) is 6.54 Å². The first-order valence-corrected chi connectivity index (χ1v) is 7.53. The van der Waals surface area contributed by atoms with Crippen molar-refractivity contribution in [3.05, 3.63) is 46.0 Å². The molecule has 0 bridgehead atoms. The molecule has 2 aromatic heterocycles. The van der Waals surface area contributed by atoms with Crippen molar-refractivity contribution in [2.75, 3.05) is 0 Å². The van der Waals surface area contributed by atoms with E-state index < -0.39 is 0 Å². The summed E-state index contributed by atoms with van der Waals surface area (Å²) in [4.78, 5) is 4.50. The minimum absolute atomic E-state index is 0.687. The lowest BCUT2D eigenvalue weighted by Gasteiger charge is -2.08. The Kier molecular flexibility index (Phi) is 3.49. The first kappa shape index (κ1) is 14.1. The average molecular weight is 303 g/mol. The minimum atomic E-state index is 0.687. The second kappa shape index (κ2) is 5.19. The number of rotatable bonds is 3. The van der Waals surface area contributed by atoms with Gasteiger partial charge in [-0.05, 0) is 51.0 Å². The van der Waals surface area contributed by atoms with Crippen LogP contribution >= 0.6 is 11.6 Å². The maximum absolute atomic E-state index is 6.40. The Labute approximate surface area is 129 Å². The van der Waals surface area contributed by atoms with Crippen LogP contribution in [0, 0.1) is 20.8 Å². The van der Waals surface area contributed by atoms with E-state index in [4.69, 9.17) is 11.6 Å². The molecule has 1 aromatic carbocycles. The van der Waals surface area contributed by atoms with Gasteiger partial charge in [0.15, 0.2) is 0 Å². The van der Waals surface area contributed by atoms with Gasteiger partial charge in [0.25, 0.3) is 0 Å². The molecule has 0 fully saturated rings. The summed E-state index contributed by atoms with van der Waals surface area (Å²) < 4.78 is 4.10. The molecule has 0 spiro atoms. The molecule has 0 saturated carbocycles. The van der Waals surface area contributed by atoms with Crippen LogP contribution in [-0.2, 0) is 13.1 Å². The van der Waals surface area contributed by atoms with Gasteiger partial charge in [0.1, 0.15) is 0 Å². The van der Waals surface area contributed by atoms with Crippen molar-refractivity contribution in [3.8, 4) is 0 Å². The molecule has 0 unspecified atom stereocenters. The highest BCUT2D eigenvalue weighted by Gasteiger charge is 2.14. The molecule has 2 heterocycles. The fraction of sp³-hybridized carbons (Fsp3) is 0.375. The van der Waals surface area contributed by atoms with E-state index >= 15 is 0 Å². The Hall–Kier alpha value is -1.81. The molecule has 110 valence electrons. The van der Waals surface area contributed by atoms with E-state index in [9.17, 15) is 0 Å². The van der Waals surface area contributed by atoms with Gasteiger partial charge in [-0.1, -0.05) is 11.6 Å². The van der Waals surface area contributed by atoms with E-state index in [0.29, 0.717) is 6.54 Å². The molecule has 21 heavy (non-hydrogen) atoms. The fourth-order valence-corrected chi connectivity index (χ4v) is 2.82. The number of aromatic nitrogens is 4. The van der Waals surface area contributed by atoms with Crippen molar-refractivity contribution in [2.45, 2.75) is 40.8 Å². The second-order valence-electron chi connectivity index (χ2n) is 5.46. The molecule has 0 N–H and O–H groups in total. The second-order valence-corrected chi connectivity index (χ2v) is 5.84. The lowest BCUT2D eigenvalue weighted by atomic mass is 10.1. The number of fused-ring (bicyclic) bond motifs is 1. The molecular formula is C16H19ClN4. The van der Waals surface area contributed by atoms with Gasteiger partial charge in [0.2, 0.25) is 0 Å². The summed E-state index contributed by atoms with van der Waals surface area (Å²) >= 11 is 6.40. The summed E-state index contributed by atoms with van der Waals surface area (Å²) in [5, 5.41) is 5.22. The third-order valence-corrected chi connectivity index (χ3v) is 4.50. The van der Waals surface area contributed by atoms with Crippen LogP contribution in [0.25, 0.3) is 11.0 Å². The molecule has 3 rings (SSSR count). The van der Waals surface area contributed by atoms with Crippen LogP contribution in [0.3, 0.4) is 0 Å². The van der Waals surface area contributed by atoms with Gasteiger partial charge >= 0.3 is 0 Å². The van der Waals surface area contributed by atoms with Crippen molar-refractivity contribution < 1.29 is 0 Å². The number of aryl methyl sites for hydroxylation is 4. The zero-order chi connectivity index (χ0) is 15.1. The first-order chi connectivity index (χ1) is 10.0. The van der Waals surface area contributed by atoms with Crippen molar-refractivity contribution in [1.29, 1.82) is 0 Å². The largest absolute Gasteiger partial charge is 0.324 e. The van der Waals surface area contributed by atoms with E-state index in [0.717, 1.165) is 34.0 Å². The Morgan fingerprint density at radius 2 is 1.86 bits per heavy atom. The standard InChI is InChI=1S/C16H19ClN4/c1-5-21-15(16(17)12(4)19-21)8-20-9-18-13-6-10(2)11(3)7-14(13)20/h6-7,9H,5,8H2,1-4H3. The topological polar surface area (TPSA) is 35.6 Å². The van der Waals surface area contributed by atoms with E-state index in [1.165, 1.54) is 11.1 Å². The summed E-state index contributed by atoms with van der Waals surface area (Å²) in [5.74, 6) is 0. The molecule has 3 aromatic rings. The quantitative estimate of drug-likeness (QED) is 0.736. The average Bonchev–Trinajstić information content (AvgIpc) is 2.96. The molecule has 5 heteroatoms. The van der Waals surface area contributed by atoms with Crippen LogP contribution in [0.2, 0.25) is 5.02 Å². The van der Waals surface area contributed by atoms with Crippen LogP contribution in [0.4, 0.5) is 0 Å². The van der Waals surface area contributed by atoms with E-state index in [2.05, 4.69) is 47.6 Å². The lowest BCUT2D eigenvalue weighted by molar-refractivity contribution is 0.601. The van der Waals surface area contributed by atoms with Crippen LogP contribution in [0.15, 0.2) is 18.5 Å². The number of halogens is 1. The fourth-order valence-electron chi connectivity index (χ4n) is 2.62. The van der Waals surface area contributed by atoms with Gasteiger partial charge < -0.3 is 4.57 Å². The lowest BCUT2D eigenvalue weighted by Crippen LogP contribution is -2.07. The van der Waals surface area contributed by atoms with E-state index in [1.807, 2.05) is 17.9 Å². The normalized spacial score (nSPS) is 11.5. The highest BCUT2D eigenvalue weighted by Crippen LogP contribution is 2.24. The first-order valence-electron chi connectivity index (χ1n) is 7.15. The molecule has 0 aliphatic heterocycles. The number of nitrogens with zero attached hydrogens (tertiary/aromatic N) is 4. The molecule has 0 aliphatic rings. The maximum Gasteiger partial charge on any atom is 0.0962 e. The number of hydrogen-bond donors (Lipinski definition) is 0. The van der Waals surface area contributed by atoms with Gasteiger partial charge in [-0.2, -0.15) is 5.10 Å². The Bertz CT molecular complexity index is 813. The third kappa shape index (κ3) is 2.33. The van der Waals surface area contributed by atoms with Crippen LogP contribution in [-0.4, -0.2) is 19.3 Å².